The molecule has 0 spiro atoms. The minimum atomic E-state index is -0.454. The zero-order valence-electron chi connectivity index (χ0n) is 20.3. The number of anilines is 1. The fourth-order valence-corrected chi connectivity index (χ4v) is 4.76. The minimum Gasteiger partial charge on any atom is -0.444 e. The van der Waals surface area contributed by atoms with Crippen molar-refractivity contribution in [1.82, 2.24) is 14.5 Å². The lowest BCUT2D eigenvalue weighted by molar-refractivity contribution is 0.0240. The van der Waals surface area contributed by atoms with Gasteiger partial charge in [-0.05, 0) is 64.3 Å². The Morgan fingerprint density at radius 1 is 1.03 bits per heavy atom. The molecule has 1 aliphatic carbocycles. The van der Waals surface area contributed by atoms with Crippen molar-refractivity contribution in [3.05, 3.63) is 30.1 Å². The Labute approximate surface area is 200 Å². The predicted octanol–water partition coefficient (Wildman–Crippen LogP) is 5.43. The van der Waals surface area contributed by atoms with Crippen LogP contribution < -0.4 is 10.6 Å². The zero-order valence-corrected chi connectivity index (χ0v) is 20.3. The number of nitrogens with zero attached hydrogens (tertiary/aromatic N) is 4. The van der Waals surface area contributed by atoms with Gasteiger partial charge in [0.05, 0.1) is 11.2 Å². The molecule has 4 rings (SSSR count). The van der Waals surface area contributed by atoms with E-state index in [-0.39, 0.29) is 13.5 Å². The van der Waals surface area contributed by atoms with E-state index in [2.05, 4.69) is 34.1 Å². The maximum Gasteiger partial charge on any atom is 0.410 e. The molecule has 1 saturated carbocycles. The first-order valence-electron chi connectivity index (χ1n) is 12.2. The van der Waals surface area contributed by atoms with Gasteiger partial charge in [0.25, 0.3) is 0 Å². The summed E-state index contributed by atoms with van der Waals surface area (Å²) < 4.78 is 7.58. The Hall–Kier alpha value is -2.28. The van der Waals surface area contributed by atoms with Crippen molar-refractivity contribution in [1.29, 1.82) is 0 Å². The van der Waals surface area contributed by atoms with E-state index in [1.165, 1.54) is 68.8 Å². The number of carbonyl (C=O) groups excluding carboxylic acids is 1. The standard InChI is InChI=1S/C24H36N4O2.CH5N.CH4/c1-24(2,3)30-23(29)27-15-13-26(14-16-27)21-11-12-25-28-18-20(17-22(21)28)19-9-7-5-4-6-8-10-19;1-2;/h11-12,17-19H,4-10,13-16H2,1-3H3;2H2,1H3;1H4. The fourth-order valence-electron chi connectivity index (χ4n) is 4.76. The second-order valence-corrected chi connectivity index (χ2v) is 9.82. The molecule has 2 aromatic rings. The molecule has 2 aromatic heterocycles. The average Bonchev–Trinajstić information content (AvgIpc) is 3.18. The van der Waals surface area contributed by atoms with E-state index < -0.39 is 5.60 Å². The van der Waals surface area contributed by atoms with Gasteiger partial charge in [0.1, 0.15) is 5.60 Å². The number of carbonyl (C=O) groups is 1. The van der Waals surface area contributed by atoms with Crippen LogP contribution in [0.1, 0.15) is 84.6 Å². The number of nitrogens with two attached hydrogens (primary N) is 1. The molecule has 3 heterocycles. The fraction of sp³-hybridized carbons (Fsp3) is 0.692. The molecule has 0 unspecified atom stereocenters. The van der Waals surface area contributed by atoms with Crippen LogP contribution in [0.25, 0.3) is 5.52 Å². The summed E-state index contributed by atoms with van der Waals surface area (Å²) >= 11 is 0. The first-order chi connectivity index (χ1) is 15.4. The molecule has 7 heteroatoms. The summed E-state index contributed by atoms with van der Waals surface area (Å²) in [5.41, 5.74) is 7.88. The molecule has 2 fully saturated rings. The van der Waals surface area contributed by atoms with Crippen LogP contribution in [0, 0.1) is 0 Å². The average molecular weight is 460 g/mol. The van der Waals surface area contributed by atoms with Gasteiger partial charge < -0.3 is 20.3 Å². The summed E-state index contributed by atoms with van der Waals surface area (Å²) in [5, 5.41) is 4.58. The van der Waals surface area contributed by atoms with E-state index in [1.54, 1.807) is 0 Å². The molecule has 0 bridgehead atoms. The van der Waals surface area contributed by atoms with Crippen molar-refractivity contribution in [2.45, 2.75) is 84.7 Å². The molecule has 186 valence electrons. The van der Waals surface area contributed by atoms with Crippen LogP contribution in [0.2, 0.25) is 0 Å². The summed E-state index contributed by atoms with van der Waals surface area (Å²) in [6.45, 7) is 8.71. The lowest BCUT2D eigenvalue weighted by Crippen LogP contribution is -2.50. The van der Waals surface area contributed by atoms with Crippen LogP contribution in [0.15, 0.2) is 24.5 Å². The minimum absolute atomic E-state index is 0. The number of fused-ring (bicyclic) bond motifs is 1. The van der Waals surface area contributed by atoms with E-state index in [1.807, 2.05) is 36.4 Å². The van der Waals surface area contributed by atoms with Crippen molar-refractivity contribution in [3.63, 3.8) is 0 Å². The third-order valence-electron chi connectivity index (χ3n) is 6.36. The van der Waals surface area contributed by atoms with E-state index in [0.29, 0.717) is 19.0 Å². The van der Waals surface area contributed by atoms with Gasteiger partial charge in [0, 0.05) is 38.6 Å². The van der Waals surface area contributed by atoms with Crippen LogP contribution in [0.4, 0.5) is 10.5 Å². The molecule has 33 heavy (non-hydrogen) atoms. The summed E-state index contributed by atoms with van der Waals surface area (Å²) in [7, 11) is 1.50. The van der Waals surface area contributed by atoms with Crippen LogP contribution >= 0.6 is 0 Å². The Kier molecular flexibility index (Phi) is 10.0. The van der Waals surface area contributed by atoms with E-state index in [9.17, 15) is 4.79 Å². The van der Waals surface area contributed by atoms with Gasteiger partial charge >= 0.3 is 6.09 Å². The number of hydrogen-bond donors (Lipinski definition) is 1. The van der Waals surface area contributed by atoms with Gasteiger partial charge in [0.2, 0.25) is 0 Å². The van der Waals surface area contributed by atoms with Crippen LogP contribution in [0.3, 0.4) is 0 Å². The highest BCUT2D eigenvalue weighted by molar-refractivity contribution is 5.74. The maximum atomic E-state index is 12.4. The molecule has 1 amide bonds. The van der Waals surface area contributed by atoms with Crippen LogP contribution in [-0.4, -0.2) is 59.4 Å². The topological polar surface area (TPSA) is 76.1 Å². The van der Waals surface area contributed by atoms with Gasteiger partial charge in [0.15, 0.2) is 0 Å². The van der Waals surface area contributed by atoms with Gasteiger partial charge in [-0.1, -0.05) is 39.5 Å². The number of piperazine rings is 1. The third-order valence-corrected chi connectivity index (χ3v) is 6.36. The number of ether oxygens (including phenoxy) is 1. The monoisotopic (exact) mass is 459 g/mol. The molecular formula is C26H45N5O2. The van der Waals surface area contributed by atoms with Gasteiger partial charge in [-0.25, -0.2) is 9.31 Å². The highest BCUT2D eigenvalue weighted by Crippen LogP contribution is 2.34. The van der Waals surface area contributed by atoms with E-state index in [4.69, 9.17) is 4.74 Å². The Morgan fingerprint density at radius 2 is 1.64 bits per heavy atom. The Bertz CT molecular complexity index is 857. The van der Waals surface area contributed by atoms with Crippen molar-refractivity contribution < 1.29 is 9.53 Å². The highest BCUT2D eigenvalue weighted by atomic mass is 16.6. The lowest BCUT2D eigenvalue weighted by Gasteiger charge is -2.36. The molecule has 0 aromatic carbocycles. The summed E-state index contributed by atoms with van der Waals surface area (Å²) in [4.78, 5) is 16.6. The number of rotatable bonds is 2. The summed E-state index contributed by atoms with van der Waals surface area (Å²) in [5.74, 6) is 0.656. The lowest BCUT2D eigenvalue weighted by atomic mass is 9.87. The molecule has 1 aliphatic heterocycles. The van der Waals surface area contributed by atoms with E-state index >= 15 is 0 Å². The van der Waals surface area contributed by atoms with Crippen molar-refractivity contribution in [2.24, 2.45) is 5.73 Å². The Morgan fingerprint density at radius 3 is 2.24 bits per heavy atom. The van der Waals surface area contributed by atoms with Gasteiger partial charge in [-0.15, -0.1) is 0 Å². The highest BCUT2D eigenvalue weighted by Gasteiger charge is 2.27. The second-order valence-electron chi connectivity index (χ2n) is 9.82. The van der Waals surface area contributed by atoms with Crippen LogP contribution in [-0.2, 0) is 4.74 Å². The first kappa shape index (κ1) is 27.0. The predicted molar refractivity (Wildman–Crippen MR) is 137 cm³/mol. The molecule has 0 radical (unpaired) electrons. The number of amides is 1. The van der Waals surface area contributed by atoms with E-state index in [0.717, 1.165) is 13.1 Å². The van der Waals surface area contributed by atoms with Gasteiger partial charge in [-0.3, -0.25) is 0 Å². The molecule has 0 atom stereocenters. The third kappa shape index (κ3) is 7.10. The normalized spacial score (nSPS) is 18.0. The molecule has 2 aliphatic rings. The number of aromatic nitrogens is 2. The molecule has 7 nitrogen and oxygen atoms in total. The SMILES string of the molecule is C.CC(C)(C)OC(=O)N1CCN(c2ccnn3cc(C4CCCCCCC4)cc23)CC1.CN. The molecule has 2 N–H and O–H groups in total. The van der Waals surface area contributed by atoms with Crippen LogP contribution in [0.5, 0.6) is 0 Å². The summed E-state index contributed by atoms with van der Waals surface area (Å²) in [6, 6.07) is 4.47. The molecule has 1 saturated heterocycles. The first-order valence-corrected chi connectivity index (χ1v) is 12.2. The molecular weight excluding hydrogens is 414 g/mol. The smallest absolute Gasteiger partial charge is 0.410 e. The van der Waals surface area contributed by atoms with Crippen molar-refractivity contribution in [2.75, 3.05) is 38.1 Å². The maximum absolute atomic E-state index is 12.4. The number of hydrogen-bond acceptors (Lipinski definition) is 5. The van der Waals surface area contributed by atoms with Crippen molar-refractivity contribution in [3.8, 4) is 0 Å². The van der Waals surface area contributed by atoms with Gasteiger partial charge in [-0.2, -0.15) is 5.10 Å². The Balaban J connectivity index is 0.00000125. The quantitative estimate of drug-likeness (QED) is 0.648. The second kappa shape index (κ2) is 12.3. The van der Waals surface area contributed by atoms with Crippen molar-refractivity contribution >= 4 is 17.3 Å². The zero-order chi connectivity index (χ0) is 23.1. The largest absolute Gasteiger partial charge is 0.444 e. The summed E-state index contributed by atoms with van der Waals surface area (Å²) in [6.07, 6.45) is 13.3.